The molecule has 1 aromatic carbocycles. The fourth-order valence-corrected chi connectivity index (χ4v) is 2.30. The highest BCUT2D eigenvalue weighted by Gasteiger charge is 2.09. The average molecular weight is 260 g/mol. The first-order valence-corrected chi connectivity index (χ1v) is 6.94. The SMILES string of the molecule is COC(C)Cn1ccc2cccc(CNC(C)C)c21. The van der Waals surface area contributed by atoms with Gasteiger partial charge in [-0.05, 0) is 23.9 Å². The topological polar surface area (TPSA) is 26.2 Å². The van der Waals surface area contributed by atoms with Crippen LogP contribution in [0.25, 0.3) is 10.9 Å². The van der Waals surface area contributed by atoms with E-state index in [0.29, 0.717) is 6.04 Å². The van der Waals surface area contributed by atoms with Crippen molar-refractivity contribution in [2.45, 2.75) is 46.0 Å². The molecule has 3 heteroatoms. The number of ether oxygens (including phenoxy) is 1. The Labute approximate surface area is 115 Å². The van der Waals surface area contributed by atoms with Gasteiger partial charge in [0.1, 0.15) is 0 Å². The second kappa shape index (κ2) is 6.22. The van der Waals surface area contributed by atoms with Gasteiger partial charge in [-0.1, -0.05) is 32.0 Å². The van der Waals surface area contributed by atoms with Crippen molar-refractivity contribution >= 4 is 10.9 Å². The van der Waals surface area contributed by atoms with Crippen LogP contribution >= 0.6 is 0 Å². The lowest BCUT2D eigenvalue weighted by Crippen LogP contribution is -2.22. The first kappa shape index (κ1) is 14.1. The molecule has 1 unspecified atom stereocenters. The van der Waals surface area contributed by atoms with Crippen LogP contribution in [0.15, 0.2) is 30.5 Å². The molecule has 0 saturated heterocycles. The third-order valence-corrected chi connectivity index (χ3v) is 3.43. The zero-order chi connectivity index (χ0) is 13.8. The minimum Gasteiger partial charge on any atom is -0.380 e. The Balaban J connectivity index is 2.32. The molecule has 0 bridgehead atoms. The highest BCUT2D eigenvalue weighted by molar-refractivity contribution is 5.83. The highest BCUT2D eigenvalue weighted by Crippen LogP contribution is 2.21. The largest absolute Gasteiger partial charge is 0.380 e. The molecular weight excluding hydrogens is 236 g/mol. The van der Waals surface area contributed by atoms with Crippen molar-refractivity contribution in [2.24, 2.45) is 0 Å². The second-order valence-corrected chi connectivity index (χ2v) is 5.40. The predicted octanol–water partition coefficient (Wildman–Crippen LogP) is 3.17. The lowest BCUT2D eigenvalue weighted by molar-refractivity contribution is 0.104. The maximum Gasteiger partial charge on any atom is 0.0722 e. The zero-order valence-electron chi connectivity index (χ0n) is 12.3. The van der Waals surface area contributed by atoms with E-state index in [1.165, 1.54) is 16.5 Å². The molecule has 1 aromatic heterocycles. The number of aromatic nitrogens is 1. The van der Waals surface area contributed by atoms with Crippen molar-refractivity contribution in [3.05, 3.63) is 36.0 Å². The number of hydrogen-bond donors (Lipinski definition) is 1. The summed E-state index contributed by atoms with van der Waals surface area (Å²) >= 11 is 0. The quantitative estimate of drug-likeness (QED) is 0.863. The molecule has 0 amide bonds. The number of nitrogens with zero attached hydrogens (tertiary/aromatic N) is 1. The molecule has 3 nitrogen and oxygen atoms in total. The van der Waals surface area contributed by atoms with Gasteiger partial charge in [0.2, 0.25) is 0 Å². The summed E-state index contributed by atoms with van der Waals surface area (Å²) < 4.78 is 7.67. The number of fused-ring (bicyclic) bond motifs is 1. The Kier molecular flexibility index (Phi) is 4.61. The lowest BCUT2D eigenvalue weighted by Gasteiger charge is -2.15. The van der Waals surface area contributed by atoms with Gasteiger partial charge in [0.25, 0.3) is 0 Å². The minimum absolute atomic E-state index is 0.224. The molecular formula is C16H24N2O. The molecule has 2 rings (SSSR count). The van der Waals surface area contributed by atoms with E-state index in [0.717, 1.165) is 13.1 Å². The third-order valence-electron chi connectivity index (χ3n) is 3.43. The molecule has 0 radical (unpaired) electrons. The number of benzene rings is 1. The number of hydrogen-bond acceptors (Lipinski definition) is 2. The summed E-state index contributed by atoms with van der Waals surface area (Å²) in [6.07, 6.45) is 2.38. The summed E-state index contributed by atoms with van der Waals surface area (Å²) in [6, 6.07) is 9.17. The fourth-order valence-electron chi connectivity index (χ4n) is 2.30. The monoisotopic (exact) mass is 260 g/mol. The second-order valence-electron chi connectivity index (χ2n) is 5.40. The van der Waals surface area contributed by atoms with Gasteiger partial charge in [-0.2, -0.15) is 0 Å². The maximum atomic E-state index is 5.37. The fraction of sp³-hybridized carbons (Fsp3) is 0.500. The lowest BCUT2D eigenvalue weighted by atomic mass is 10.1. The van der Waals surface area contributed by atoms with E-state index in [2.05, 4.69) is 61.1 Å². The van der Waals surface area contributed by atoms with E-state index >= 15 is 0 Å². The molecule has 104 valence electrons. The Bertz CT molecular complexity index is 531. The van der Waals surface area contributed by atoms with Crippen molar-refractivity contribution in [1.29, 1.82) is 0 Å². The van der Waals surface area contributed by atoms with Crippen LogP contribution in [-0.4, -0.2) is 23.8 Å². The minimum atomic E-state index is 0.224. The van der Waals surface area contributed by atoms with E-state index in [-0.39, 0.29) is 6.10 Å². The first-order chi connectivity index (χ1) is 9.11. The van der Waals surface area contributed by atoms with Crippen molar-refractivity contribution in [2.75, 3.05) is 7.11 Å². The van der Waals surface area contributed by atoms with Crippen molar-refractivity contribution < 1.29 is 4.74 Å². The van der Waals surface area contributed by atoms with E-state index in [1.807, 2.05) is 0 Å². The Morgan fingerprint density at radius 3 is 2.68 bits per heavy atom. The highest BCUT2D eigenvalue weighted by atomic mass is 16.5. The molecule has 0 saturated carbocycles. The Morgan fingerprint density at radius 1 is 1.21 bits per heavy atom. The van der Waals surface area contributed by atoms with Crippen LogP contribution in [0.1, 0.15) is 26.3 Å². The van der Waals surface area contributed by atoms with Crippen LogP contribution in [-0.2, 0) is 17.8 Å². The Hall–Kier alpha value is -1.32. The van der Waals surface area contributed by atoms with E-state index in [4.69, 9.17) is 4.74 Å². The first-order valence-electron chi connectivity index (χ1n) is 6.94. The molecule has 0 fully saturated rings. The van der Waals surface area contributed by atoms with E-state index in [1.54, 1.807) is 7.11 Å². The van der Waals surface area contributed by atoms with Crippen LogP contribution in [0.2, 0.25) is 0 Å². The molecule has 0 aliphatic rings. The smallest absolute Gasteiger partial charge is 0.0722 e. The molecule has 0 aliphatic heterocycles. The predicted molar refractivity (Wildman–Crippen MR) is 80.4 cm³/mol. The average Bonchev–Trinajstić information content (AvgIpc) is 2.80. The van der Waals surface area contributed by atoms with Gasteiger partial charge in [0.15, 0.2) is 0 Å². The normalized spacial score (nSPS) is 13.3. The van der Waals surface area contributed by atoms with Crippen molar-refractivity contribution in [3.8, 4) is 0 Å². The van der Waals surface area contributed by atoms with Gasteiger partial charge in [-0.25, -0.2) is 0 Å². The van der Waals surface area contributed by atoms with Crippen molar-refractivity contribution in [3.63, 3.8) is 0 Å². The number of nitrogens with one attached hydrogen (secondary N) is 1. The molecule has 1 atom stereocenters. The van der Waals surface area contributed by atoms with Crippen LogP contribution in [0.4, 0.5) is 0 Å². The summed E-state index contributed by atoms with van der Waals surface area (Å²) in [5.74, 6) is 0. The Morgan fingerprint density at radius 2 is 2.00 bits per heavy atom. The van der Waals surface area contributed by atoms with Crippen LogP contribution in [0.5, 0.6) is 0 Å². The van der Waals surface area contributed by atoms with Crippen LogP contribution < -0.4 is 5.32 Å². The summed E-state index contributed by atoms with van der Waals surface area (Å²) in [7, 11) is 1.76. The summed E-state index contributed by atoms with van der Waals surface area (Å²) in [5.41, 5.74) is 2.67. The van der Waals surface area contributed by atoms with Crippen LogP contribution in [0.3, 0.4) is 0 Å². The molecule has 2 aromatic rings. The van der Waals surface area contributed by atoms with Gasteiger partial charge in [0.05, 0.1) is 11.6 Å². The maximum absolute atomic E-state index is 5.37. The van der Waals surface area contributed by atoms with Gasteiger partial charge in [-0.15, -0.1) is 0 Å². The molecule has 1 N–H and O–H groups in total. The summed E-state index contributed by atoms with van der Waals surface area (Å²) in [4.78, 5) is 0. The van der Waals surface area contributed by atoms with E-state index in [9.17, 15) is 0 Å². The standard InChI is InChI=1S/C16H24N2O/c1-12(2)17-10-15-7-5-6-14-8-9-18(16(14)15)11-13(3)19-4/h5-9,12-13,17H,10-11H2,1-4H3. The summed E-state index contributed by atoms with van der Waals surface area (Å²) in [6.45, 7) is 8.23. The number of rotatable bonds is 6. The number of methoxy groups -OCH3 is 1. The third kappa shape index (κ3) is 3.37. The molecule has 0 spiro atoms. The molecule has 1 heterocycles. The molecule has 19 heavy (non-hydrogen) atoms. The van der Waals surface area contributed by atoms with Crippen molar-refractivity contribution in [1.82, 2.24) is 9.88 Å². The summed E-state index contributed by atoms with van der Waals surface area (Å²) in [5, 5.41) is 4.79. The zero-order valence-corrected chi connectivity index (χ0v) is 12.3. The van der Waals surface area contributed by atoms with Crippen LogP contribution in [0, 0.1) is 0 Å². The van der Waals surface area contributed by atoms with Gasteiger partial charge in [-0.3, -0.25) is 0 Å². The van der Waals surface area contributed by atoms with Gasteiger partial charge in [0, 0.05) is 32.4 Å². The van der Waals surface area contributed by atoms with E-state index < -0.39 is 0 Å². The van der Waals surface area contributed by atoms with Gasteiger partial charge < -0.3 is 14.6 Å². The number of para-hydroxylation sites is 1. The van der Waals surface area contributed by atoms with Gasteiger partial charge >= 0.3 is 0 Å². The molecule has 0 aliphatic carbocycles.